The molecule has 0 fully saturated rings. The van der Waals surface area contributed by atoms with E-state index in [1.807, 2.05) is 60.7 Å². The van der Waals surface area contributed by atoms with E-state index in [1.165, 1.54) is 16.7 Å². The number of hydrogen-bond donors (Lipinski definition) is 0. The summed E-state index contributed by atoms with van der Waals surface area (Å²) in [5, 5.41) is 3.97. The molecular formula is C49H30N2O3. The molecule has 0 saturated carbocycles. The number of anilines is 3. The first-order chi connectivity index (χ1) is 26.8. The molecule has 11 aromatic rings. The summed E-state index contributed by atoms with van der Waals surface area (Å²) in [6.45, 7) is 0. The largest absolute Gasteiger partial charge is 0.456 e. The Hall–Kier alpha value is -7.37. The Labute approximate surface area is 309 Å². The Bertz CT molecular complexity index is 3160. The number of aromatic nitrogens is 1. The van der Waals surface area contributed by atoms with Gasteiger partial charge in [-0.05, 0) is 82.9 Å². The first kappa shape index (κ1) is 30.3. The van der Waals surface area contributed by atoms with Gasteiger partial charge in [-0.1, -0.05) is 121 Å². The molecule has 254 valence electrons. The minimum absolute atomic E-state index is 0.581. The second-order valence-corrected chi connectivity index (χ2v) is 13.5. The second-order valence-electron chi connectivity index (χ2n) is 13.5. The molecule has 0 spiro atoms. The molecule has 8 aromatic carbocycles. The lowest BCUT2D eigenvalue weighted by molar-refractivity contribution is 0.619. The molecule has 0 radical (unpaired) electrons. The van der Waals surface area contributed by atoms with Gasteiger partial charge in [0.05, 0.1) is 22.1 Å². The number of fused-ring (bicyclic) bond motifs is 8. The highest BCUT2D eigenvalue weighted by molar-refractivity contribution is 6.20. The maximum Gasteiger partial charge on any atom is 0.227 e. The van der Waals surface area contributed by atoms with Crippen LogP contribution in [0.2, 0.25) is 0 Å². The molecule has 54 heavy (non-hydrogen) atoms. The number of hydrogen-bond acceptors (Lipinski definition) is 5. The molecule has 0 bridgehead atoms. The van der Waals surface area contributed by atoms with Gasteiger partial charge < -0.3 is 18.2 Å². The van der Waals surface area contributed by atoms with Crippen LogP contribution in [0.15, 0.2) is 195 Å². The van der Waals surface area contributed by atoms with Crippen LogP contribution in [0.25, 0.3) is 88.7 Å². The van der Waals surface area contributed by atoms with E-state index >= 15 is 0 Å². The van der Waals surface area contributed by atoms with Crippen LogP contribution in [0.5, 0.6) is 0 Å². The van der Waals surface area contributed by atoms with Gasteiger partial charge in [-0.25, -0.2) is 4.98 Å². The first-order valence-electron chi connectivity index (χ1n) is 18.0. The average Bonchev–Trinajstić information content (AvgIpc) is 3.96. The zero-order chi connectivity index (χ0) is 35.6. The van der Waals surface area contributed by atoms with Crippen LogP contribution >= 0.6 is 0 Å². The maximum absolute atomic E-state index is 6.82. The zero-order valence-electron chi connectivity index (χ0n) is 28.9. The predicted molar refractivity (Wildman–Crippen MR) is 220 cm³/mol. The lowest BCUT2D eigenvalue weighted by Crippen LogP contribution is -2.10. The van der Waals surface area contributed by atoms with E-state index in [0.717, 1.165) is 77.6 Å². The summed E-state index contributed by atoms with van der Waals surface area (Å²) in [6.07, 6.45) is 0. The van der Waals surface area contributed by atoms with Gasteiger partial charge in [-0.3, -0.25) is 0 Å². The minimum atomic E-state index is 0.581. The van der Waals surface area contributed by atoms with Gasteiger partial charge in [0.2, 0.25) is 5.89 Å². The third-order valence-corrected chi connectivity index (χ3v) is 10.3. The summed E-state index contributed by atoms with van der Waals surface area (Å²) in [6, 6.07) is 62.7. The fraction of sp³-hybridized carbons (Fsp3) is 0. The van der Waals surface area contributed by atoms with Gasteiger partial charge in [0.1, 0.15) is 22.3 Å². The third-order valence-electron chi connectivity index (χ3n) is 10.3. The molecule has 0 atom stereocenters. The van der Waals surface area contributed by atoms with Gasteiger partial charge in [0.15, 0.2) is 11.2 Å². The van der Waals surface area contributed by atoms with E-state index in [1.54, 1.807) is 0 Å². The molecule has 0 aliphatic rings. The number of oxazole rings is 1. The summed E-state index contributed by atoms with van der Waals surface area (Å²) in [4.78, 5) is 7.30. The van der Waals surface area contributed by atoms with E-state index in [-0.39, 0.29) is 0 Å². The zero-order valence-corrected chi connectivity index (χ0v) is 28.9. The standard InChI is InChI=1S/C49H30N2O3/c1-3-13-31(14-4-1)35-17-7-8-18-36(35)32-25-27-34(28-26-32)51(39-21-12-24-42-45(39)37-19-9-10-23-41(37)52-42)40-22-11-20-38-46-43(53-48(38)40)29-30-44-47(46)50-49(54-44)33-15-5-2-6-16-33/h1-30H. The van der Waals surface area contributed by atoms with Gasteiger partial charge in [0.25, 0.3) is 0 Å². The van der Waals surface area contributed by atoms with Crippen LogP contribution in [-0.4, -0.2) is 4.98 Å². The second kappa shape index (κ2) is 12.1. The van der Waals surface area contributed by atoms with Gasteiger partial charge in [0, 0.05) is 22.0 Å². The Balaban J connectivity index is 1.14. The Kier molecular flexibility index (Phi) is 6.79. The van der Waals surface area contributed by atoms with Crippen molar-refractivity contribution >= 4 is 72.0 Å². The smallest absolute Gasteiger partial charge is 0.227 e. The predicted octanol–water partition coefficient (Wildman–Crippen LogP) is 14.1. The Morgan fingerprint density at radius 2 is 0.963 bits per heavy atom. The van der Waals surface area contributed by atoms with Crippen LogP contribution < -0.4 is 4.90 Å². The van der Waals surface area contributed by atoms with Crippen molar-refractivity contribution in [3.8, 4) is 33.7 Å². The van der Waals surface area contributed by atoms with Crippen molar-refractivity contribution in [2.75, 3.05) is 4.90 Å². The maximum atomic E-state index is 6.82. The molecule has 0 amide bonds. The Morgan fingerprint density at radius 3 is 1.76 bits per heavy atom. The highest BCUT2D eigenvalue weighted by atomic mass is 16.4. The SMILES string of the molecule is c1ccc(-c2nc3c(ccc4oc5c(N(c6ccc(-c7ccccc7-c7ccccc7)cc6)c6cccc7oc8ccccc8c67)cccc5c43)o2)cc1. The van der Waals surface area contributed by atoms with Crippen LogP contribution in [-0.2, 0) is 0 Å². The van der Waals surface area contributed by atoms with Crippen LogP contribution in [0, 0.1) is 0 Å². The molecule has 0 N–H and O–H groups in total. The summed E-state index contributed by atoms with van der Waals surface area (Å²) in [5.41, 5.74) is 13.2. The van der Waals surface area contributed by atoms with Crippen molar-refractivity contribution in [2.45, 2.75) is 0 Å². The molecule has 3 heterocycles. The van der Waals surface area contributed by atoms with E-state index in [2.05, 4.69) is 126 Å². The molecular weight excluding hydrogens is 665 g/mol. The fourth-order valence-corrected chi connectivity index (χ4v) is 7.88. The quantitative estimate of drug-likeness (QED) is 0.173. The summed E-state index contributed by atoms with van der Waals surface area (Å²) in [7, 11) is 0. The van der Waals surface area contributed by atoms with Crippen LogP contribution in [0.1, 0.15) is 0 Å². The molecule has 0 unspecified atom stereocenters. The molecule has 0 saturated heterocycles. The number of nitrogens with zero attached hydrogens (tertiary/aromatic N) is 2. The number of benzene rings is 8. The van der Waals surface area contributed by atoms with E-state index in [0.29, 0.717) is 11.5 Å². The summed E-state index contributed by atoms with van der Waals surface area (Å²) >= 11 is 0. The minimum Gasteiger partial charge on any atom is -0.456 e. The van der Waals surface area contributed by atoms with Crippen LogP contribution in [0.4, 0.5) is 17.1 Å². The molecule has 5 nitrogen and oxygen atoms in total. The topological polar surface area (TPSA) is 55.6 Å². The average molecular weight is 695 g/mol. The van der Waals surface area contributed by atoms with E-state index < -0.39 is 0 Å². The lowest BCUT2D eigenvalue weighted by atomic mass is 9.94. The van der Waals surface area contributed by atoms with Crippen LogP contribution in [0.3, 0.4) is 0 Å². The Morgan fingerprint density at radius 1 is 0.370 bits per heavy atom. The number of furan rings is 2. The highest BCUT2D eigenvalue weighted by Crippen LogP contribution is 2.47. The molecule has 3 aromatic heterocycles. The normalized spacial score (nSPS) is 11.7. The van der Waals surface area contributed by atoms with Gasteiger partial charge >= 0.3 is 0 Å². The van der Waals surface area contributed by atoms with Crippen molar-refractivity contribution in [3.05, 3.63) is 182 Å². The molecule has 5 heteroatoms. The van der Waals surface area contributed by atoms with Gasteiger partial charge in [-0.15, -0.1) is 0 Å². The van der Waals surface area contributed by atoms with Crippen molar-refractivity contribution in [3.63, 3.8) is 0 Å². The van der Waals surface area contributed by atoms with Crippen molar-refractivity contribution in [1.29, 1.82) is 0 Å². The van der Waals surface area contributed by atoms with Crippen molar-refractivity contribution in [1.82, 2.24) is 4.98 Å². The number of rotatable bonds is 6. The first-order valence-corrected chi connectivity index (χ1v) is 18.0. The highest BCUT2D eigenvalue weighted by Gasteiger charge is 2.25. The number of para-hydroxylation sites is 2. The van der Waals surface area contributed by atoms with E-state index in [9.17, 15) is 0 Å². The fourth-order valence-electron chi connectivity index (χ4n) is 7.88. The summed E-state index contributed by atoms with van der Waals surface area (Å²) < 4.78 is 19.5. The monoisotopic (exact) mass is 694 g/mol. The molecule has 0 aliphatic heterocycles. The summed E-state index contributed by atoms with van der Waals surface area (Å²) in [5.74, 6) is 0.581. The van der Waals surface area contributed by atoms with E-state index in [4.69, 9.17) is 18.2 Å². The molecule has 11 rings (SSSR count). The lowest BCUT2D eigenvalue weighted by Gasteiger charge is -2.26. The molecule has 0 aliphatic carbocycles. The third kappa shape index (κ3) is 4.76. The van der Waals surface area contributed by atoms with Gasteiger partial charge in [-0.2, -0.15) is 0 Å². The van der Waals surface area contributed by atoms with Crippen molar-refractivity contribution < 1.29 is 13.3 Å². The van der Waals surface area contributed by atoms with Crippen molar-refractivity contribution in [2.24, 2.45) is 0 Å².